The van der Waals surface area contributed by atoms with E-state index in [1.54, 1.807) is 0 Å². The molecule has 1 amide bonds. The van der Waals surface area contributed by atoms with Crippen LogP contribution in [0.25, 0.3) is 10.9 Å². The summed E-state index contributed by atoms with van der Waals surface area (Å²) in [6, 6.07) is 8.29. The van der Waals surface area contributed by atoms with Crippen LogP contribution in [0.2, 0.25) is 0 Å². The number of carbonyl (C=O) groups is 1. The molecule has 1 aromatic carbocycles. The summed E-state index contributed by atoms with van der Waals surface area (Å²) in [7, 11) is 0. The van der Waals surface area contributed by atoms with Crippen LogP contribution in [0.4, 0.5) is 4.79 Å². The molecule has 0 saturated heterocycles. The van der Waals surface area contributed by atoms with Gasteiger partial charge >= 0.3 is 6.03 Å². The van der Waals surface area contributed by atoms with Crippen LogP contribution in [0.5, 0.6) is 0 Å². The van der Waals surface area contributed by atoms with Gasteiger partial charge in [0.15, 0.2) is 0 Å². The predicted molar refractivity (Wildman–Crippen MR) is 63.8 cm³/mol. The first-order valence-corrected chi connectivity index (χ1v) is 5.58. The normalized spacial score (nSPS) is 19.6. The molecule has 82 valence electrons. The Balaban J connectivity index is 2.39. The largest absolute Gasteiger partial charge is 0.335 e. The highest BCUT2D eigenvalue weighted by Gasteiger charge is 2.25. The summed E-state index contributed by atoms with van der Waals surface area (Å²) in [5.74, 6) is 0. The second-order valence-corrected chi connectivity index (χ2v) is 4.48. The maximum Gasteiger partial charge on any atom is 0.326 e. The molecule has 16 heavy (non-hydrogen) atoms. The van der Waals surface area contributed by atoms with Crippen LogP contribution in [0.3, 0.4) is 0 Å². The van der Waals surface area contributed by atoms with E-state index in [4.69, 9.17) is 0 Å². The van der Waals surface area contributed by atoms with Gasteiger partial charge in [-0.2, -0.15) is 0 Å². The lowest BCUT2D eigenvalue weighted by molar-refractivity contribution is 0.235. The summed E-state index contributed by atoms with van der Waals surface area (Å²) in [6.45, 7) is 4.14. The molecule has 1 unspecified atom stereocenters. The lowest BCUT2D eigenvalue weighted by Gasteiger charge is -2.22. The minimum absolute atomic E-state index is 0.00181. The molecular formula is C13H14N2O. The number of nitrogens with one attached hydrogen (secondary N) is 1. The summed E-state index contributed by atoms with van der Waals surface area (Å²) < 4.78 is 1.81. The Morgan fingerprint density at radius 2 is 2.12 bits per heavy atom. The van der Waals surface area contributed by atoms with Gasteiger partial charge in [0, 0.05) is 23.5 Å². The Bertz CT molecular complexity index is 583. The molecule has 3 heteroatoms. The average molecular weight is 214 g/mol. The van der Waals surface area contributed by atoms with Gasteiger partial charge in [-0.15, -0.1) is 0 Å². The second kappa shape index (κ2) is 3.11. The van der Waals surface area contributed by atoms with Crippen LogP contribution < -0.4 is 5.32 Å². The standard InChI is InChI=1S/C13H14N2O/c1-8-7-12-9(2)10-5-3-4-6-11(10)15(12)13(16)14-8/h3-6,8H,7H2,1-2H3,(H,14,16). The van der Waals surface area contributed by atoms with E-state index in [2.05, 4.69) is 18.3 Å². The van der Waals surface area contributed by atoms with E-state index in [1.165, 1.54) is 10.9 Å². The third kappa shape index (κ3) is 1.11. The van der Waals surface area contributed by atoms with E-state index in [0.717, 1.165) is 17.6 Å². The Labute approximate surface area is 94.1 Å². The Morgan fingerprint density at radius 3 is 2.94 bits per heavy atom. The van der Waals surface area contributed by atoms with E-state index in [0.29, 0.717) is 0 Å². The van der Waals surface area contributed by atoms with Crippen LogP contribution in [-0.4, -0.2) is 16.6 Å². The third-order valence-corrected chi connectivity index (χ3v) is 3.32. The molecule has 0 bridgehead atoms. The molecule has 0 fully saturated rings. The quantitative estimate of drug-likeness (QED) is 0.718. The Kier molecular flexibility index (Phi) is 1.84. The Morgan fingerprint density at radius 1 is 1.38 bits per heavy atom. The first-order valence-electron chi connectivity index (χ1n) is 5.58. The van der Waals surface area contributed by atoms with Crippen molar-refractivity contribution in [3.05, 3.63) is 35.5 Å². The summed E-state index contributed by atoms with van der Waals surface area (Å²) in [6.07, 6.45) is 0.909. The number of nitrogens with zero attached hydrogens (tertiary/aromatic N) is 1. The van der Waals surface area contributed by atoms with Crippen molar-refractivity contribution in [1.29, 1.82) is 0 Å². The van der Waals surface area contributed by atoms with Crippen molar-refractivity contribution >= 4 is 16.9 Å². The molecule has 2 aromatic rings. The van der Waals surface area contributed by atoms with Gasteiger partial charge in [-0.1, -0.05) is 18.2 Å². The molecule has 1 atom stereocenters. The number of amides is 1. The first kappa shape index (κ1) is 9.46. The van der Waals surface area contributed by atoms with E-state index in [-0.39, 0.29) is 12.1 Å². The van der Waals surface area contributed by atoms with Gasteiger partial charge < -0.3 is 5.32 Å². The molecule has 0 radical (unpaired) electrons. The van der Waals surface area contributed by atoms with Crippen LogP contribution in [0.15, 0.2) is 24.3 Å². The average Bonchev–Trinajstić information content (AvgIpc) is 2.54. The van der Waals surface area contributed by atoms with Crippen molar-refractivity contribution in [2.24, 2.45) is 0 Å². The van der Waals surface area contributed by atoms with Crippen LogP contribution in [0.1, 0.15) is 18.2 Å². The highest BCUT2D eigenvalue weighted by Crippen LogP contribution is 2.28. The monoisotopic (exact) mass is 214 g/mol. The van der Waals surface area contributed by atoms with Crippen molar-refractivity contribution in [2.75, 3.05) is 0 Å². The summed E-state index contributed by atoms with van der Waals surface area (Å²) in [5, 5.41) is 4.15. The molecule has 0 spiro atoms. The second-order valence-electron chi connectivity index (χ2n) is 4.48. The number of rotatable bonds is 0. The highest BCUT2D eigenvalue weighted by molar-refractivity contribution is 5.96. The number of benzene rings is 1. The van der Waals surface area contributed by atoms with Gasteiger partial charge in [-0.25, -0.2) is 4.79 Å². The SMILES string of the molecule is Cc1c2n(c3ccccc13)C(=O)NC(C)C2. The number of para-hydroxylation sites is 1. The fraction of sp³-hybridized carbons (Fsp3) is 0.308. The fourth-order valence-corrected chi connectivity index (χ4v) is 2.55. The van der Waals surface area contributed by atoms with Crippen LogP contribution in [-0.2, 0) is 6.42 Å². The lowest BCUT2D eigenvalue weighted by atomic mass is 10.1. The maximum atomic E-state index is 12.0. The lowest BCUT2D eigenvalue weighted by Crippen LogP contribution is -2.43. The molecule has 3 rings (SSSR count). The van der Waals surface area contributed by atoms with E-state index in [9.17, 15) is 4.79 Å². The number of aryl methyl sites for hydroxylation is 1. The minimum Gasteiger partial charge on any atom is -0.335 e. The number of carbonyl (C=O) groups excluding carboxylic acids is 1. The van der Waals surface area contributed by atoms with Crippen molar-refractivity contribution < 1.29 is 4.79 Å². The van der Waals surface area contributed by atoms with Crippen molar-refractivity contribution in [3.63, 3.8) is 0 Å². The van der Waals surface area contributed by atoms with Crippen LogP contribution in [0, 0.1) is 6.92 Å². The van der Waals surface area contributed by atoms with Crippen molar-refractivity contribution in [2.45, 2.75) is 26.3 Å². The molecular weight excluding hydrogens is 200 g/mol. The van der Waals surface area contributed by atoms with E-state index >= 15 is 0 Å². The van der Waals surface area contributed by atoms with Gasteiger partial charge in [0.05, 0.1) is 5.52 Å². The highest BCUT2D eigenvalue weighted by atomic mass is 16.2. The first-order chi connectivity index (χ1) is 7.68. The van der Waals surface area contributed by atoms with E-state index < -0.39 is 0 Å². The summed E-state index contributed by atoms with van der Waals surface area (Å²) in [5.41, 5.74) is 3.40. The van der Waals surface area contributed by atoms with Gasteiger partial charge in [-0.3, -0.25) is 4.57 Å². The van der Waals surface area contributed by atoms with E-state index in [1.807, 2.05) is 29.7 Å². The number of fused-ring (bicyclic) bond motifs is 3. The topological polar surface area (TPSA) is 34.0 Å². The smallest absolute Gasteiger partial charge is 0.326 e. The predicted octanol–water partition coefficient (Wildman–Crippen LogP) is 2.45. The third-order valence-electron chi connectivity index (χ3n) is 3.32. The zero-order chi connectivity index (χ0) is 11.3. The number of aromatic nitrogens is 1. The molecule has 0 saturated carbocycles. The summed E-state index contributed by atoms with van der Waals surface area (Å²) in [4.78, 5) is 12.0. The van der Waals surface area contributed by atoms with Gasteiger partial charge in [-0.05, 0) is 25.5 Å². The molecule has 3 nitrogen and oxygen atoms in total. The Hall–Kier alpha value is -1.77. The maximum absolute atomic E-state index is 12.0. The van der Waals surface area contributed by atoms with Gasteiger partial charge in [0.25, 0.3) is 0 Å². The molecule has 2 heterocycles. The molecule has 1 aliphatic heterocycles. The zero-order valence-electron chi connectivity index (χ0n) is 9.45. The minimum atomic E-state index is -0.00181. The number of hydrogen-bond acceptors (Lipinski definition) is 1. The van der Waals surface area contributed by atoms with Gasteiger partial charge in [0.1, 0.15) is 0 Å². The molecule has 0 aliphatic carbocycles. The van der Waals surface area contributed by atoms with Crippen molar-refractivity contribution in [1.82, 2.24) is 9.88 Å². The van der Waals surface area contributed by atoms with Crippen LogP contribution >= 0.6 is 0 Å². The number of hydrogen-bond donors (Lipinski definition) is 1. The van der Waals surface area contributed by atoms with Crippen molar-refractivity contribution in [3.8, 4) is 0 Å². The molecule has 1 aromatic heterocycles. The molecule has 1 aliphatic rings. The molecule has 1 N–H and O–H groups in total. The fourth-order valence-electron chi connectivity index (χ4n) is 2.55. The van der Waals surface area contributed by atoms with Gasteiger partial charge in [0.2, 0.25) is 0 Å². The zero-order valence-corrected chi connectivity index (χ0v) is 9.45. The summed E-state index contributed by atoms with van der Waals surface area (Å²) >= 11 is 0.